The van der Waals surface area contributed by atoms with Gasteiger partial charge < -0.3 is 4.74 Å². The molecule has 16 heavy (non-hydrogen) atoms. The van der Waals surface area contributed by atoms with Crippen LogP contribution in [0, 0.1) is 0 Å². The molecule has 0 saturated carbocycles. The van der Waals surface area contributed by atoms with Crippen molar-refractivity contribution < 1.29 is 9.53 Å². The Morgan fingerprint density at radius 2 is 1.94 bits per heavy atom. The van der Waals surface area contributed by atoms with Gasteiger partial charge in [0.25, 0.3) is 0 Å². The van der Waals surface area contributed by atoms with Gasteiger partial charge >= 0.3 is 5.97 Å². The molecule has 0 aliphatic heterocycles. The predicted octanol–water partition coefficient (Wildman–Crippen LogP) is 3.78. The van der Waals surface area contributed by atoms with Crippen LogP contribution in [0.4, 0.5) is 0 Å². The molecule has 2 nitrogen and oxygen atoms in total. The van der Waals surface area contributed by atoms with Crippen LogP contribution in [-0.2, 0) is 4.74 Å². The Bertz CT molecular complexity index is 349. The topological polar surface area (TPSA) is 26.3 Å². The number of hydrogen-bond donors (Lipinski definition) is 0. The van der Waals surface area contributed by atoms with Crippen molar-refractivity contribution in [2.24, 2.45) is 0 Å². The summed E-state index contributed by atoms with van der Waals surface area (Å²) in [5, 5.41) is 0.724. The van der Waals surface area contributed by atoms with Crippen molar-refractivity contribution in [2.45, 2.75) is 24.3 Å². The van der Waals surface area contributed by atoms with Gasteiger partial charge in [0.15, 0.2) is 0 Å². The lowest BCUT2D eigenvalue weighted by Gasteiger charge is -2.29. The van der Waals surface area contributed by atoms with Crippen LogP contribution in [0.1, 0.15) is 24.2 Å². The second-order valence-electron chi connectivity index (χ2n) is 3.98. The van der Waals surface area contributed by atoms with Crippen LogP contribution >= 0.6 is 31.9 Å². The van der Waals surface area contributed by atoms with Crippen molar-refractivity contribution >= 4 is 37.8 Å². The van der Waals surface area contributed by atoms with E-state index >= 15 is 0 Å². The number of hydrogen-bond acceptors (Lipinski definition) is 2. The van der Waals surface area contributed by atoms with E-state index in [4.69, 9.17) is 4.74 Å². The third-order valence-corrected chi connectivity index (χ3v) is 5.20. The van der Waals surface area contributed by atoms with Crippen LogP contribution in [0.15, 0.2) is 30.3 Å². The van der Waals surface area contributed by atoms with E-state index in [2.05, 4.69) is 31.9 Å². The van der Waals surface area contributed by atoms with E-state index in [0.717, 1.165) is 5.33 Å². The Kier molecular flexibility index (Phi) is 4.99. The number of alkyl halides is 2. The lowest BCUT2D eigenvalue weighted by Crippen LogP contribution is -2.38. The van der Waals surface area contributed by atoms with Crippen LogP contribution < -0.4 is 0 Å². The molecule has 1 aromatic carbocycles. The monoisotopic (exact) mass is 348 g/mol. The van der Waals surface area contributed by atoms with Crippen molar-refractivity contribution in [1.29, 1.82) is 0 Å². The summed E-state index contributed by atoms with van der Waals surface area (Å²) in [5.74, 6) is -0.295. The third kappa shape index (κ3) is 3.59. The van der Waals surface area contributed by atoms with Gasteiger partial charge in [0, 0.05) is 5.33 Å². The highest BCUT2D eigenvalue weighted by Crippen LogP contribution is 2.24. The maximum absolute atomic E-state index is 11.8. The first-order valence-electron chi connectivity index (χ1n) is 4.96. The molecule has 0 saturated heterocycles. The largest absolute Gasteiger partial charge is 0.455 e. The molecular weight excluding hydrogens is 336 g/mol. The third-order valence-electron chi connectivity index (χ3n) is 2.26. The van der Waals surface area contributed by atoms with Crippen molar-refractivity contribution in [3.8, 4) is 0 Å². The summed E-state index contributed by atoms with van der Waals surface area (Å²) < 4.78 is 5.46. The molecule has 0 spiro atoms. The van der Waals surface area contributed by atoms with E-state index in [1.54, 1.807) is 12.1 Å². The first-order chi connectivity index (χ1) is 7.47. The zero-order valence-corrected chi connectivity index (χ0v) is 12.4. The Balaban J connectivity index is 2.72. The molecular formula is C12H14Br2O2. The van der Waals surface area contributed by atoms with E-state index in [0.29, 0.717) is 5.56 Å². The van der Waals surface area contributed by atoms with Crippen LogP contribution in [0.25, 0.3) is 0 Å². The molecule has 0 N–H and O–H groups in total. The summed E-state index contributed by atoms with van der Waals surface area (Å²) in [5.41, 5.74) is 0.0287. The number of carbonyl (C=O) groups is 1. The maximum Gasteiger partial charge on any atom is 0.338 e. The normalized spacial score (nSPS) is 13.2. The number of esters is 1. The Morgan fingerprint density at radius 3 is 2.44 bits per heavy atom. The standard InChI is InChI=1S/C12H14Br2O2/c1-12(2,10(14)8-13)16-11(15)9-6-4-3-5-7-9/h3-7,10H,8H2,1-2H3/t10-/m1/s1. The van der Waals surface area contributed by atoms with Crippen molar-refractivity contribution in [3.05, 3.63) is 35.9 Å². The van der Waals surface area contributed by atoms with Gasteiger partial charge in [0.1, 0.15) is 5.60 Å². The minimum atomic E-state index is -0.545. The smallest absolute Gasteiger partial charge is 0.338 e. The first-order valence-corrected chi connectivity index (χ1v) is 6.99. The molecule has 1 rings (SSSR count). The molecule has 0 unspecified atom stereocenters. The predicted molar refractivity (Wildman–Crippen MR) is 72.4 cm³/mol. The SMILES string of the molecule is CC(C)(OC(=O)c1ccccc1)[C@H](Br)CBr. The maximum atomic E-state index is 11.8. The second kappa shape index (κ2) is 5.82. The minimum Gasteiger partial charge on any atom is -0.455 e. The Hall–Kier alpha value is -0.350. The first kappa shape index (κ1) is 13.7. The number of benzene rings is 1. The number of carbonyl (C=O) groups excluding carboxylic acids is 1. The van der Waals surface area contributed by atoms with E-state index < -0.39 is 5.60 Å². The highest BCUT2D eigenvalue weighted by molar-refractivity contribution is 9.12. The fraction of sp³-hybridized carbons (Fsp3) is 0.417. The molecule has 0 heterocycles. The van der Waals surface area contributed by atoms with E-state index in [1.165, 1.54) is 0 Å². The van der Waals surface area contributed by atoms with Gasteiger partial charge in [-0.25, -0.2) is 4.79 Å². The number of rotatable bonds is 4. The quantitative estimate of drug-likeness (QED) is 0.610. The highest BCUT2D eigenvalue weighted by Gasteiger charge is 2.31. The number of halogens is 2. The molecule has 0 amide bonds. The Labute approximate surface area is 113 Å². The summed E-state index contributed by atoms with van der Waals surface area (Å²) in [6, 6.07) is 9.00. The minimum absolute atomic E-state index is 0.0765. The average Bonchev–Trinajstić information content (AvgIpc) is 2.28. The summed E-state index contributed by atoms with van der Waals surface area (Å²) in [7, 11) is 0. The van der Waals surface area contributed by atoms with E-state index in [-0.39, 0.29) is 10.8 Å². The van der Waals surface area contributed by atoms with Crippen LogP contribution in [-0.4, -0.2) is 21.7 Å². The second-order valence-corrected chi connectivity index (χ2v) is 5.73. The lowest BCUT2D eigenvalue weighted by molar-refractivity contribution is 0.00126. The molecule has 0 fully saturated rings. The summed E-state index contributed by atoms with van der Waals surface area (Å²) in [4.78, 5) is 11.9. The molecule has 0 radical (unpaired) electrons. The molecule has 88 valence electrons. The molecule has 0 bridgehead atoms. The van der Waals surface area contributed by atoms with Crippen molar-refractivity contribution in [3.63, 3.8) is 0 Å². The van der Waals surface area contributed by atoms with Gasteiger partial charge in [-0.2, -0.15) is 0 Å². The molecule has 1 atom stereocenters. The fourth-order valence-corrected chi connectivity index (χ4v) is 1.99. The summed E-state index contributed by atoms with van der Waals surface area (Å²) in [6.45, 7) is 3.77. The zero-order chi connectivity index (χ0) is 12.2. The molecule has 0 aliphatic carbocycles. The molecule has 1 aromatic rings. The summed E-state index contributed by atoms with van der Waals surface area (Å²) in [6.07, 6.45) is 0. The Morgan fingerprint density at radius 1 is 1.38 bits per heavy atom. The van der Waals surface area contributed by atoms with Gasteiger partial charge in [-0.1, -0.05) is 50.1 Å². The molecule has 0 aromatic heterocycles. The van der Waals surface area contributed by atoms with Crippen molar-refractivity contribution in [2.75, 3.05) is 5.33 Å². The van der Waals surface area contributed by atoms with Gasteiger partial charge in [-0.15, -0.1) is 0 Å². The lowest BCUT2D eigenvalue weighted by atomic mass is 10.1. The van der Waals surface area contributed by atoms with Gasteiger partial charge in [0.05, 0.1) is 10.4 Å². The fourth-order valence-electron chi connectivity index (χ4n) is 1.12. The van der Waals surface area contributed by atoms with Gasteiger partial charge in [-0.3, -0.25) is 0 Å². The average molecular weight is 350 g/mol. The van der Waals surface area contributed by atoms with Crippen LogP contribution in [0.3, 0.4) is 0 Å². The van der Waals surface area contributed by atoms with Gasteiger partial charge in [-0.05, 0) is 26.0 Å². The highest BCUT2D eigenvalue weighted by atomic mass is 79.9. The van der Waals surface area contributed by atoms with E-state index in [9.17, 15) is 4.79 Å². The molecule has 0 aliphatic rings. The number of ether oxygens (including phenoxy) is 1. The molecule has 4 heteroatoms. The van der Waals surface area contributed by atoms with Crippen LogP contribution in [0.2, 0.25) is 0 Å². The van der Waals surface area contributed by atoms with Gasteiger partial charge in [0.2, 0.25) is 0 Å². The van der Waals surface area contributed by atoms with E-state index in [1.807, 2.05) is 32.0 Å². The van der Waals surface area contributed by atoms with Crippen LogP contribution in [0.5, 0.6) is 0 Å². The zero-order valence-electron chi connectivity index (χ0n) is 9.24. The van der Waals surface area contributed by atoms with Crippen molar-refractivity contribution in [1.82, 2.24) is 0 Å². The summed E-state index contributed by atoms with van der Waals surface area (Å²) >= 11 is 6.83.